The van der Waals surface area contributed by atoms with Crippen molar-refractivity contribution < 1.29 is 23.1 Å². The summed E-state index contributed by atoms with van der Waals surface area (Å²) in [7, 11) is 0. The monoisotopic (exact) mass is 281 g/mol. The zero-order chi connectivity index (χ0) is 13.9. The first-order valence-corrected chi connectivity index (χ1v) is 5.38. The summed E-state index contributed by atoms with van der Waals surface area (Å²) in [5.41, 5.74) is 0.760. The van der Waals surface area contributed by atoms with Crippen molar-refractivity contribution in [2.45, 2.75) is 19.2 Å². The smallest absolute Gasteiger partial charge is 0.382 e. The maximum absolute atomic E-state index is 12.0. The van der Waals surface area contributed by atoms with Crippen molar-refractivity contribution in [3.63, 3.8) is 0 Å². The Balaban J connectivity index is 2.66. The second kappa shape index (κ2) is 5.58. The van der Waals surface area contributed by atoms with Crippen molar-refractivity contribution >= 4 is 17.5 Å². The summed E-state index contributed by atoms with van der Waals surface area (Å²) in [5.74, 6) is -0.688. The molecule has 0 saturated carbocycles. The van der Waals surface area contributed by atoms with Crippen LogP contribution in [0.2, 0.25) is 5.02 Å². The average molecular weight is 282 g/mol. The number of aryl methyl sites for hydroxylation is 1. The molecule has 0 radical (unpaired) electrons. The van der Waals surface area contributed by atoms with Gasteiger partial charge in [-0.1, -0.05) is 11.6 Å². The van der Waals surface area contributed by atoms with Crippen LogP contribution in [0.5, 0.6) is 0 Å². The predicted octanol–water partition coefficient (Wildman–Crippen LogP) is 2.30. The molecule has 0 saturated heterocycles. The minimum absolute atomic E-state index is 0.216. The van der Waals surface area contributed by atoms with Gasteiger partial charge in [0.25, 0.3) is 5.91 Å². The first kappa shape index (κ1) is 14.8. The van der Waals surface area contributed by atoms with E-state index in [1.165, 1.54) is 18.2 Å². The number of carbonyl (C=O) groups excluding carboxylic acids is 1. The lowest BCUT2D eigenvalue weighted by molar-refractivity contribution is -0.201. The Morgan fingerprint density at radius 1 is 1.50 bits per heavy atom. The normalized spacial score (nSPS) is 13.2. The average Bonchev–Trinajstić information content (AvgIpc) is 2.24. The van der Waals surface area contributed by atoms with Gasteiger partial charge in [0.15, 0.2) is 6.10 Å². The third-order valence-corrected chi connectivity index (χ3v) is 2.50. The number of hydrogen-bond donors (Lipinski definition) is 2. The Hall–Kier alpha value is -1.27. The lowest BCUT2D eigenvalue weighted by atomic mass is 10.1. The van der Waals surface area contributed by atoms with Crippen molar-refractivity contribution in [2.75, 3.05) is 6.54 Å². The molecule has 0 aromatic heterocycles. The highest BCUT2D eigenvalue weighted by Gasteiger charge is 2.38. The Morgan fingerprint density at radius 2 is 2.11 bits per heavy atom. The molecule has 1 rings (SSSR count). The lowest BCUT2D eigenvalue weighted by Crippen LogP contribution is -2.40. The van der Waals surface area contributed by atoms with E-state index in [1.807, 2.05) is 5.32 Å². The van der Waals surface area contributed by atoms with Crippen LogP contribution in [0.25, 0.3) is 0 Å². The zero-order valence-electron chi connectivity index (χ0n) is 9.38. The molecule has 18 heavy (non-hydrogen) atoms. The number of halogens is 4. The Labute approximate surface area is 107 Å². The molecule has 1 unspecified atom stereocenters. The number of hydrogen-bond acceptors (Lipinski definition) is 2. The topological polar surface area (TPSA) is 49.3 Å². The summed E-state index contributed by atoms with van der Waals surface area (Å²) in [6.07, 6.45) is -7.32. The van der Waals surface area contributed by atoms with E-state index >= 15 is 0 Å². The van der Waals surface area contributed by atoms with Gasteiger partial charge in [-0.05, 0) is 30.7 Å². The van der Waals surface area contributed by atoms with Gasteiger partial charge in [0.1, 0.15) is 0 Å². The molecule has 0 aliphatic rings. The van der Waals surface area contributed by atoms with E-state index in [1.54, 1.807) is 6.92 Å². The van der Waals surface area contributed by atoms with Crippen molar-refractivity contribution in [3.8, 4) is 0 Å². The third-order valence-electron chi connectivity index (χ3n) is 2.27. The zero-order valence-corrected chi connectivity index (χ0v) is 10.1. The SMILES string of the molecule is Cc1cc(Cl)ccc1C(=O)NCC(O)C(F)(F)F. The molecule has 0 fully saturated rings. The van der Waals surface area contributed by atoms with Gasteiger partial charge in [-0.2, -0.15) is 13.2 Å². The molecule has 0 heterocycles. The molecule has 3 nitrogen and oxygen atoms in total. The molecule has 0 bridgehead atoms. The molecular formula is C11H11ClF3NO2. The summed E-state index contributed by atoms with van der Waals surface area (Å²) in [6, 6.07) is 4.40. The van der Waals surface area contributed by atoms with Crippen molar-refractivity contribution in [1.82, 2.24) is 5.32 Å². The first-order valence-electron chi connectivity index (χ1n) is 5.01. The van der Waals surface area contributed by atoms with E-state index in [0.717, 1.165) is 0 Å². The van der Waals surface area contributed by atoms with Crippen LogP contribution in [0.1, 0.15) is 15.9 Å². The molecule has 2 N–H and O–H groups in total. The van der Waals surface area contributed by atoms with Crippen LogP contribution in [-0.2, 0) is 0 Å². The van der Waals surface area contributed by atoms with Gasteiger partial charge in [-0.25, -0.2) is 0 Å². The Bertz CT molecular complexity index is 448. The van der Waals surface area contributed by atoms with Crippen LogP contribution in [-0.4, -0.2) is 29.8 Å². The van der Waals surface area contributed by atoms with Gasteiger partial charge in [-0.15, -0.1) is 0 Å². The summed E-state index contributed by atoms with van der Waals surface area (Å²) in [4.78, 5) is 11.6. The summed E-state index contributed by atoms with van der Waals surface area (Å²) < 4.78 is 36.0. The Morgan fingerprint density at radius 3 is 2.61 bits per heavy atom. The van der Waals surface area contributed by atoms with Crippen molar-refractivity contribution in [2.24, 2.45) is 0 Å². The van der Waals surface area contributed by atoms with Gasteiger partial charge in [-0.3, -0.25) is 4.79 Å². The molecule has 0 aliphatic heterocycles. The van der Waals surface area contributed by atoms with Crippen LogP contribution in [0.15, 0.2) is 18.2 Å². The van der Waals surface area contributed by atoms with Crippen molar-refractivity contribution in [1.29, 1.82) is 0 Å². The fourth-order valence-corrected chi connectivity index (χ4v) is 1.51. The van der Waals surface area contributed by atoms with E-state index in [4.69, 9.17) is 16.7 Å². The highest BCUT2D eigenvalue weighted by atomic mass is 35.5. The molecule has 0 aliphatic carbocycles. The third kappa shape index (κ3) is 3.89. The summed E-state index contributed by atoms with van der Waals surface area (Å²) >= 11 is 5.69. The Kier molecular flexibility index (Phi) is 4.59. The highest BCUT2D eigenvalue weighted by Crippen LogP contribution is 2.19. The number of amides is 1. The van der Waals surface area contributed by atoms with Crippen LogP contribution < -0.4 is 5.32 Å². The van der Waals surface area contributed by atoms with E-state index in [-0.39, 0.29) is 5.56 Å². The maximum Gasteiger partial charge on any atom is 0.416 e. The second-order valence-electron chi connectivity index (χ2n) is 3.73. The first-order chi connectivity index (χ1) is 8.21. The van der Waals surface area contributed by atoms with Crippen LogP contribution in [0.3, 0.4) is 0 Å². The van der Waals surface area contributed by atoms with Gasteiger partial charge < -0.3 is 10.4 Å². The van der Waals surface area contributed by atoms with E-state index in [9.17, 15) is 18.0 Å². The second-order valence-corrected chi connectivity index (χ2v) is 4.16. The van der Waals surface area contributed by atoms with Gasteiger partial charge >= 0.3 is 6.18 Å². The molecule has 0 spiro atoms. The number of aliphatic hydroxyl groups excluding tert-OH is 1. The van der Waals surface area contributed by atoms with Gasteiger partial charge in [0.2, 0.25) is 0 Å². The lowest BCUT2D eigenvalue weighted by Gasteiger charge is -2.15. The largest absolute Gasteiger partial charge is 0.416 e. The van der Waals surface area contributed by atoms with Gasteiger partial charge in [0, 0.05) is 10.6 Å². The molecular weight excluding hydrogens is 271 g/mol. The molecule has 1 atom stereocenters. The summed E-state index contributed by atoms with van der Waals surface area (Å²) in [6.45, 7) is 0.728. The van der Waals surface area contributed by atoms with E-state index in [0.29, 0.717) is 10.6 Å². The van der Waals surface area contributed by atoms with Crippen LogP contribution >= 0.6 is 11.6 Å². The molecule has 1 aromatic carbocycles. The summed E-state index contributed by atoms with van der Waals surface area (Å²) in [5, 5.41) is 11.2. The van der Waals surface area contributed by atoms with Crippen LogP contribution in [0.4, 0.5) is 13.2 Å². The standard InChI is InChI=1S/C11H11ClF3NO2/c1-6-4-7(12)2-3-8(6)10(18)16-5-9(17)11(13,14)15/h2-4,9,17H,5H2,1H3,(H,16,18). The van der Waals surface area contributed by atoms with Crippen LogP contribution in [0, 0.1) is 6.92 Å². The molecule has 100 valence electrons. The number of rotatable bonds is 3. The van der Waals surface area contributed by atoms with Crippen molar-refractivity contribution in [3.05, 3.63) is 34.3 Å². The number of aliphatic hydroxyl groups is 1. The highest BCUT2D eigenvalue weighted by molar-refractivity contribution is 6.30. The number of nitrogens with one attached hydrogen (secondary N) is 1. The number of benzene rings is 1. The predicted molar refractivity (Wildman–Crippen MR) is 60.6 cm³/mol. The van der Waals surface area contributed by atoms with E-state index in [2.05, 4.69) is 0 Å². The molecule has 7 heteroatoms. The molecule has 1 aromatic rings. The van der Waals surface area contributed by atoms with Gasteiger partial charge in [0.05, 0.1) is 6.54 Å². The quantitative estimate of drug-likeness (QED) is 0.893. The maximum atomic E-state index is 12.0. The van der Waals surface area contributed by atoms with E-state index < -0.39 is 24.7 Å². The number of carbonyl (C=O) groups is 1. The minimum atomic E-state index is -4.75. The fourth-order valence-electron chi connectivity index (χ4n) is 1.28. The fraction of sp³-hybridized carbons (Fsp3) is 0.364. The number of alkyl halides is 3. The minimum Gasteiger partial charge on any atom is -0.382 e. The molecule has 1 amide bonds.